The Kier molecular flexibility index (Phi) is 4.55. The number of aromatic amines is 1. The number of rotatable bonds is 5. The van der Waals surface area contributed by atoms with E-state index in [1.807, 2.05) is 0 Å². The minimum atomic E-state index is -0.950. The van der Waals surface area contributed by atoms with Crippen molar-refractivity contribution in [2.24, 2.45) is 0 Å². The van der Waals surface area contributed by atoms with E-state index >= 15 is 0 Å². The van der Waals surface area contributed by atoms with Crippen LogP contribution in [-0.4, -0.2) is 27.1 Å². The van der Waals surface area contributed by atoms with Crippen molar-refractivity contribution in [2.45, 2.75) is 19.4 Å². The van der Waals surface area contributed by atoms with Crippen LogP contribution in [0, 0.1) is 0 Å². The molecule has 0 aliphatic rings. The zero-order valence-electron chi connectivity index (χ0n) is 11.5. The van der Waals surface area contributed by atoms with Crippen LogP contribution in [0.25, 0.3) is 0 Å². The lowest BCUT2D eigenvalue weighted by Gasteiger charge is -2.14. The van der Waals surface area contributed by atoms with Crippen LogP contribution in [0.15, 0.2) is 36.7 Å². The van der Waals surface area contributed by atoms with Gasteiger partial charge in [0.05, 0.1) is 12.5 Å². The lowest BCUT2D eigenvalue weighted by molar-refractivity contribution is -0.136. The van der Waals surface area contributed by atoms with Crippen molar-refractivity contribution in [2.75, 3.05) is 5.32 Å². The number of hydrogen-bond donors (Lipinski definition) is 4. The Morgan fingerprint density at radius 1 is 1.38 bits per heavy atom. The van der Waals surface area contributed by atoms with Gasteiger partial charge in [-0.3, -0.25) is 4.79 Å². The van der Waals surface area contributed by atoms with Gasteiger partial charge in [-0.1, -0.05) is 18.2 Å². The first-order chi connectivity index (χ1) is 10.1. The van der Waals surface area contributed by atoms with Gasteiger partial charge in [0.25, 0.3) is 0 Å². The monoisotopic (exact) mass is 288 g/mol. The maximum Gasteiger partial charge on any atom is 0.319 e. The van der Waals surface area contributed by atoms with E-state index in [2.05, 4.69) is 20.6 Å². The number of urea groups is 1. The molecule has 0 saturated heterocycles. The number of carboxylic acids is 1. The zero-order valence-corrected chi connectivity index (χ0v) is 11.5. The average Bonchev–Trinajstić information content (AvgIpc) is 2.94. The molecule has 1 atom stereocenters. The number of hydrogen-bond acceptors (Lipinski definition) is 3. The molecule has 0 bridgehead atoms. The van der Waals surface area contributed by atoms with E-state index < -0.39 is 12.0 Å². The number of carboxylic acid groups (broad SMARTS) is 1. The highest BCUT2D eigenvalue weighted by Gasteiger charge is 2.13. The second-order valence-corrected chi connectivity index (χ2v) is 4.52. The molecule has 110 valence electrons. The fraction of sp³-hybridized carbons (Fsp3) is 0.214. The maximum absolute atomic E-state index is 11.9. The van der Waals surface area contributed by atoms with Crippen LogP contribution in [-0.2, 0) is 11.2 Å². The van der Waals surface area contributed by atoms with Crippen molar-refractivity contribution in [1.29, 1.82) is 0 Å². The van der Waals surface area contributed by atoms with E-state index in [9.17, 15) is 9.59 Å². The van der Waals surface area contributed by atoms with Gasteiger partial charge < -0.3 is 20.7 Å². The number of nitrogens with zero attached hydrogens (tertiary/aromatic N) is 1. The molecule has 7 heteroatoms. The van der Waals surface area contributed by atoms with Crippen molar-refractivity contribution >= 4 is 17.7 Å². The summed E-state index contributed by atoms with van der Waals surface area (Å²) in [6, 6.07) is 6.09. The number of anilines is 1. The van der Waals surface area contributed by atoms with E-state index in [0.29, 0.717) is 17.1 Å². The summed E-state index contributed by atoms with van der Waals surface area (Å²) in [4.78, 5) is 29.7. The summed E-state index contributed by atoms with van der Waals surface area (Å²) in [5, 5.41) is 14.2. The molecule has 1 unspecified atom stereocenters. The predicted molar refractivity (Wildman–Crippen MR) is 76.9 cm³/mol. The van der Waals surface area contributed by atoms with E-state index in [1.165, 1.54) is 0 Å². The first-order valence-electron chi connectivity index (χ1n) is 6.42. The van der Waals surface area contributed by atoms with E-state index in [0.717, 1.165) is 0 Å². The summed E-state index contributed by atoms with van der Waals surface area (Å²) in [5.74, 6) is -0.308. The summed E-state index contributed by atoms with van der Waals surface area (Å²) in [6.45, 7) is 1.79. The third-order valence-electron chi connectivity index (χ3n) is 2.88. The Balaban J connectivity index is 2.01. The number of benzene rings is 1. The fourth-order valence-corrected chi connectivity index (χ4v) is 1.90. The number of H-pyrrole nitrogens is 1. The predicted octanol–water partition coefficient (Wildman–Crippen LogP) is 1.92. The molecule has 0 spiro atoms. The third kappa shape index (κ3) is 4.07. The van der Waals surface area contributed by atoms with Gasteiger partial charge in [0.2, 0.25) is 0 Å². The van der Waals surface area contributed by atoms with Gasteiger partial charge in [0.1, 0.15) is 5.82 Å². The van der Waals surface area contributed by atoms with Crippen molar-refractivity contribution in [3.63, 3.8) is 0 Å². The van der Waals surface area contributed by atoms with Crippen molar-refractivity contribution in [3.05, 3.63) is 48.0 Å². The Hall–Kier alpha value is -2.83. The van der Waals surface area contributed by atoms with E-state index in [4.69, 9.17) is 5.11 Å². The van der Waals surface area contributed by atoms with Crippen LogP contribution < -0.4 is 10.6 Å². The molecule has 2 aromatic rings. The Bertz CT molecular complexity index is 625. The maximum atomic E-state index is 11.9. The number of imidazole rings is 1. The van der Waals surface area contributed by atoms with Crippen LogP contribution in [0.1, 0.15) is 24.4 Å². The summed E-state index contributed by atoms with van der Waals surface area (Å²) >= 11 is 0. The molecule has 0 saturated carbocycles. The minimum Gasteiger partial charge on any atom is -0.481 e. The molecule has 1 heterocycles. The highest BCUT2D eigenvalue weighted by molar-refractivity contribution is 5.91. The first-order valence-corrected chi connectivity index (χ1v) is 6.42. The molecule has 1 aromatic carbocycles. The summed E-state index contributed by atoms with van der Waals surface area (Å²) < 4.78 is 0. The van der Waals surface area contributed by atoms with Gasteiger partial charge in [-0.15, -0.1) is 0 Å². The first kappa shape index (κ1) is 14.6. The number of amides is 2. The molecule has 0 fully saturated rings. The SMILES string of the molecule is CC(NC(=O)Nc1ccccc1CC(=O)O)c1ncc[nH]1. The van der Waals surface area contributed by atoms with Crippen molar-refractivity contribution in [1.82, 2.24) is 15.3 Å². The number of aliphatic carboxylic acids is 1. The molecule has 0 radical (unpaired) electrons. The van der Waals surface area contributed by atoms with Gasteiger partial charge in [0.15, 0.2) is 0 Å². The smallest absolute Gasteiger partial charge is 0.319 e. The average molecular weight is 288 g/mol. The highest BCUT2D eigenvalue weighted by Crippen LogP contribution is 2.16. The van der Waals surface area contributed by atoms with Crippen LogP contribution in [0.4, 0.5) is 10.5 Å². The van der Waals surface area contributed by atoms with E-state index in [-0.39, 0.29) is 12.5 Å². The molecule has 4 N–H and O–H groups in total. The number of aromatic nitrogens is 2. The molecule has 7 nitrogen and oxygen atoms in total. The number of carbonyl (C=O) groups is 2. The molecule has 2 amide bonds. The number of carbonyl (C=O) groups excluding carboxylic acids is 1. The Morgan fingerprint density at radius 3 is 2.81 bits per heavy atom. The quantitative estimate of drug-likeness (QED) is 0.674. The van der Waals surface area contributed by atoms with Crippen LogP contribution in [0.3, 0.4) is 0 Å². The molecule has 0 aliphatic heterocycles. The Labute approximate surface area is 121 Å². The molecule has 2 rings (SSSR count). The summed E-state index contributed by atoms with van der Waals surface area (Å²) in [7, 11) is 0. The second kappa shape index (κ2) is 6.56. The third-order valence-corrected chi connectivity index (χ3v) is 2.88. The van der Waals surface area contributed by atoms with Gasteiger partial charge in [-0.25, -0.2) is 9.78 Å². The van der Waals surface area contributed by atoms with E-state index in [1.54, 1.807) is 43.6 Å². The molecule has 21 heavy (non-hydrogen) atoms. The zero-order chi connectivity index (χ0) is 15.2. The van der Waals surface area contributed by atoms with Crippen LogP contribution >= 0.6 is 0 Å². The van der Waals surface area contributed by atoms with Gasteiger partial charge in [-0.05, 0) is 18.6 Å². The van der Waals surface area contributed by atoms with Gasteiger partial charge in [0, 0.05) is 18.1 Å². The summed E-state index contributed by atoms with van der Waals surface area (Å²) in [6.07, 6.45) is 3.13. The number of nitrogens with one attached hydrogen (secondary N) is 3. The lowest BCUT2D eigenvalue weighted by atomic mass is 10.1. The normalized spacial score (nSPS) is 11.7. The second-order valence-electron chi connectivity index (χ2n) is 4.52. The standard InChI is InChI=1S/C14H16N4O3/c1-9(13-15-6-7-16-13)17-14(21)18-11-5-3-2-4-10(11)8-12(19)20/h2-7,9H,8H2,1H3,(H,15,16)(H,19,20)(H2,17,18,21). The van der Waals surface area contributed by atoms with Gasteiger partial charge in [-0.2, -0.15) is 0 Å². The minimum absolute atomic E-state index is 0.149. The summed E-state index contributed by atoms with van der Waals surface area (Å²) in [5.41, 5.74) is 1.02. The fourth-order valence-electron chi connectivity index (χ4n) is 1.90. The van der Waals surface area contributed by atoms with Crippen molar-refractivity contribution in [3.8, 4) is 0 Å². The number of para-hydroxylation sites is 1. The lowest BCUT2D eigenvalue weighted by Crippen LogP contribution is -2.32. The van der Waals surface area contributed by atoms with Crippen LogP contribution in [0.5, 0.6) is 0 Å². The van der Waals surface area contributed by atoms with Gasteiger partial charge >= 0.3 is 12.0 Å². The molecular formula is C14H16N4O3. The Morgan fingerprint density at radius 2 is 2.14 bits per heavy atom. The molecule has 0 aliphatic carbocycles. The highest BCUT2D eigenvalue weighted by atomic mass is 16.4. The molecule has 1 aromatic heterocycles. The topological polar surface area (TPSA) is 107 Å². The largest absolute Gasteiger partial charge is 0.481 e. The molecular weight excluding hydrogens is 272 g/mol. The van der Waals surface area contributed by atoms with Crippen LogP contribution in [0.2, 0.25) is 0 Å². The van der Waals surface area contributed by atoms with Crippen molar-refractivity contribution < 1.29 is 14.7 Å².